The van der Waals surface area contributed by atoms with Gasteiger partial charge in [0.05, 0.1) is 5.01 Å². The van der Waals surface area contributed by atoms with Gasteiger partial charge in [-0.1, -0.05) is 18.2 Å². The second-order valence-corrected chi connectivity index (χ2v) is 7.80. The minimum Gasteiger partial charge on any atom is -0.357 e. The molecule has 0 saturated heterocycles. The quantitative estimate of drug-likeness (QED) is 0.181. The van der Waals surface area contributed by atoms with E-state index in [1.54, 1.807) is 11.3 Å². The maximum atomic E-state index is 4.65. The van der Waals surface area contributed by atoms with E-state index in [2.05, 4.69) is 64.8 Å². The average Bonchev–Trinajstić information content (AvgIpc) is 3.01. The fraction of sp³-hybridized carbons (Fsp3) is 0.444. The molecule has 1 heterocycles. The molecule has 2 N–H and O–H groups in total. The molecular formula is C18H27IN4S2. The molecule has 7 heteroatoms. The largest absolute Gasteiger partial charge is 0.357 e. The van der Waals surface area contributed by atoms with E-state index in [4.69, 9.17) is 0 Å². The van der Waals surface area contributed by atoms with Gasteiger partial charge in [-0.05, 0) is 38.2 Å². The van der Waals surface area contributed by atoms with Gasteiger partial charge in [0.25, 0.3) is 0 Å². The number of rotatable bonds is 9. The molecule has 2 aromatic rings. The third-order valence-electron chi connectivity index (χ3n) is 3.23. The van der Waals surface area contributed by atoms with Crippen LogP contribution in [0.2, 0.25) is 0 Å². The summed E-state index contributed by atoms with van der Waals surface area (Å²) in [4.78, 5) is 11.6. The van der Waals surface area contributed by atoms with Crippen LogP contribution in [0.1, 0.15) is 23.2 Å². The number of nitrogens with zero attached hydrogens (tertiary/aromatic N) is 2. The molecular weight excluding hydrogens is 463 g/mol. The second-order valence-electron chi connectivity index (χ2n) is 5.32. The van der Waals surface area contributed by atoms with Gasteiger partial charge in [0.1, 0.15) is 0 Å². The Morgan fingerprint density at radius 2 is 2.04 bits per heavy atom. The summed E-state index contributed by atoms with van der Waals surface area (Å²) in [6.07, 6.45) is 3.94. The average molecular weight is 490 g/mol. The van der Waals surface area contributed by atoms with E-state index in [0.717, 1.165) is 44.2 Å². The molecule has 0 spiro atoms. The second kappa shape index (κ2) is 13.4. The Morgan fingerprint density at radius 1 is 1.24 bits per heavy atom. The number of hydrogen-bond donors (Lipinski definition) is 2. The van der Waals surface area contributed by atoms with Crippen molar-refractivity contribution in [2.45, 2.75) is 31.6 Å². The maximum Gasteiger partial charge on any atom is 0.191 e. The van der Waals surface area contributed by atoms with E-state index >= 15 is 0 Å². The number of guanidine groups is 1. The highest BCUT2D eigenvalue weighted by Gasteiger charge is 2.01. The molecule has 4 nitrogen and oxygen atoms in total. The summed E-state index contributed by atoms with van der Waals surface area (Å²) in [5.41, 5.74) is 0. The van der Waals surface area contributed by atoms with Crippen LogP contribution in [0, 0.1) is 6.92 Å². The van der Waals surface area contributed by atoms with Gasteiger partial charge in [-0.25, -0.2) is 4.98 Å². The van der Waals surface area contributed by atoms with E-state index in [1.165, 1.54) is 14.8 Å². The number of aryl methyl sites for hydroxylation is 1. The Hall–Kier alpha value is -0.800. The molecule has 0 amide bonds. The van der Waals surface area contributed by atoms with E-state index in [1.807, 2.05) is 18.0 Å². The fourth-order valence-electron chi connectivity index (χ4n) is 2.11. The molecule has 0 fully saturated rings. The van der Waals surface area contributed by atoms with Crippen molar-refractivity contribution in [2.24, 2.45) is 4.99 Å². The van der Waals surface area contributed by atoms with Crippen molar-refractivity contribution in [3.63, 3.8) is 0 Å². The first-order chi connectivity index (χ1) is 11.8. The number of nitrogens with one attached hydrogen (secondary N) is 2. The lowest BCUT2D eigenvalue weighted by Crippen LogP contribution is -2.38. The SMILES string of the molecule is CCNC(=NCCCSc1ccccc1)NCCc1ncc(C)s1.I. The minimum atomic E-state index is 0. The molecule has 2 rings (SSSR count). The number of halogens is 1. The molecule has 1 aromatic carbocycles. The Morgan fingerprint density at radius 3 is 2.72 bits per heavy atom. The van der Waals surface area contributed by atoms with Crippen LogP contribution in [0.15, 0.2) is 46.4 Å². The normalized spacial score (nSPS) is 11.0. The summed E-state index contributed by atoms with van der Waals surface area (Å²) in [5.74, 6) is 1.99. The van der Waals surface area contributed by atoms with E-state index in [0.29, 0.717) is 0 Å². The first kappa shape index (κ1) is 22.2. The third-order valence-corrected chi connectivity index (χ3v) is 5.30. The number of benzene rings is 1. The maximum absolute atomic E-state index is 4.65. The van der Waals surface area contributed by atoms with Crippen LogP contribution < -0.4 is 10.6 Å². The predicted octanol–water partition coefficient (Wildman–Crippen LogP) is 4.35. The van der Waals surface area contributed by atoms with Gasteiger partial charge in [0.2, 0.25) is 0 Å². The van der Waals surface area contributed by atoms with Crippen LogP contribution in [0.25, 0.3) is 0 Å². The van der Waals surface area contributed by atoms with Crippen LogP contribution in [-0.4, -0.2) is 36.3 Å². The van der Waals surface area contributed by atoms with E-state index in [9.17, 15) is 0 Å². The Kier molecular flexibility index (Phi) is 11.9. The van der Waals surface area contributed by atoms with Crippen LogP contribution in [0.4, 0.5) is 0 Å². The summed E-state index contributed by atoms with van der Waals surface area (Å²) in [7, 11) is 0. The number of thioether (sulfide) groups is 1. The highest BCUT2D eigenvalue weighted by molar-refractivity contribution is 14.0. The molecule has 0 bridgehead atoms. The summed E-state index contributed by atoms with van der Waals surface area (Å²) < 4.78 is 0. The summed E-state index contributed by atoms with van der Waals surface area (Å²) in [6, 6.07) is 10.5. The zero-order valence-corrected chi connectivity index (χ0v) is 18.8. The standard InChI is InChI=1S/C18H26N4S2.HI/c1-3-19-18(21-12-10-17-22-14-15(2)24-17)20-11-7-13-23-16-8-5-4-6-9-16;/h4-6,8-9,14H,3,7,10-13H2,1-2H3,(H2,19,20,21);1H. The zero-order valence-electron chi connectivity index (χ0n) is 14.8. The monoisotopic (exact) mass is 490 g/mol. The van der Waals surface area contributed by atoms with Gasteiger partial charge in [0, 0.05) is 42.0 Å². The lowest BCUT2D eigenvalue weighted by Gasteiger charge is -2.10. The highest BCUT2D eigenvalue weighted by atomic mass is 127. The minimum absolute atomic E-state index is 0. The lowest BCUT2D eigenvalue weighted by molar-refractivity contribution is 0.792. The Bertz CT molecular complexity index is 617. The van der Waals surface area contributed by atoms with Crippen LogP contribution >= 0.6 is 47.1 Å². The Labute approximate surface area is 176 Å². The summed E-state index contributed by atoms with van der Waals surface area (Å²) in [5, 5.41) is 7.86. The summed E-state index contributed by atoms with van der Waals surface area (Å²) in [6.45, 7) is 6.75. The molecule has 0 saturated carbocycles. The molecule has 0 unspecified atom stereocenters. The fourth-order valence-corrected chi connectivity index (χ4v) is 3.75. The van der Waals surface area contributed by atoms with E-state index < -0.39 is 0 Å². The zero-order chi connectivity index (χ0) is 17.0. The van der Waals surface area contributed by atoms with Crippen LogP contribution in [-0.2, 0) is 6.42 Å². The number of aromatic nitrogens is 1. The number of thiazole rings is 1. The van der Waals surface area contributed by atoms with Crippen LogP contribution in [0.5, 0.6) is 0 Å². The first-order valence-corrected chi connectivity index (χ1v) is 10.2. The molecule has 1 aromatic heterocycles. The van der Waals surface area contributed by atoms with Gasteiger partial charge >= 0.3 is 0 Å². The van der Waals surface area contributed by atoms with Gasteiger partial charge in [-0.3, -0.25) is 4.99 Å². The van der Waals surface area contributed by atoms with Crippen molar-refractivity contribution in [3.8, 4) is 0 Å². The Balaban J connectivity index is 0.00000312. The van der Waals surface area contributed by atoms with Crippen molar-refractivity contribution in [1.29, 1.82) is 0 Å². The highest BCUT2D eigenvalue weighted by Crippen LogP contribution is 2.17. The van der Waals surface area contributed by atoms with Gasteiger partial charge in [0.15, 0.2) is 5.96 Å². The third kappa shape index (κ3) is 9.46. The van der Waals surface area contributed by atoms with Crippen LogP contribution in [0.3, 0.4) is 0 Å². The molecule has 25 heavy (non-hydrogen) atoms. The van der Waals surface area contributed by atoms with Gasteiger partial charge < -0.3 is 10.6 Å². The molecule has 0 aliphatic rings. The topological polar surface area (TPSA) is 49.3 Å². The van der Waals surface area contributed by atoms with E-state index in [-0.39, 0.29) is 24.0 Å². The predicted molar refractivity (Wildman–Crippen MR) is 122 cm³/mol. The number of aliphatic imine (C=N–C) groups is 1. The van der Waals surface area contributed by atoms with Gasteiger partial charge in [-0.15, -0.1) is 47.1 Å². The van der Waals surface area contributed by atoms with Crippen molar-refractivity contribution < 1.29 is 0 Å². The molecule has 0 aliphatic carbocycles. The van der Waals surface area contributed by atoms with Gasteiger partial charge in [-0.2, -0.15) is 0 Å². The molecule has 138 valence electrons. The number of hydrogen-bond acceptors (Lipinski definition) is 4. The lowest BCUT2D eigenvalue weighted by atomic mass is 10.4. The van der Waals surface area contributed by atoms with Crippen molar-refractivity contribution >= 4 is 53.0 Å². The van der Waals surface area contributed by atoms with Crippen molar-refractivity contribution in [3.05, 3.63) is 46.4 Å². The molecule has 0 atom stereocenters. The first-order valence-electron chi connectivity index (χ1n) is 8.39. The van der Waals surface area contributed by atoms with Crippen molar-refractivity contribution in [1.82, 2.24) is 15.6 Å². The molecule has 0 aliphatic heterocycles. The summed E-state index contributed by atoms with van der Waals surface area (Å²) >= 11 is 3.65. The van der Waals surface area contributed by atoms with Crippen molar-refractivity contribution in [2.75, 3.05) is 25.4 Å². The smallest absolute Gasteiger partial charge is 0.191 e. The molecule has 0 radical (unpaired) electrons.